The van der Waals surface area contributed by atoms with Gasteiger partial charge in [-0.3, -0.25) is 0 Å². The molecule has 0 heterocycles. The van der Waals surface area contributed by atoms with Crippen LogP contribution in [0.3, 0.4) is 0 Å². The number of hydrogen-bond acceptors (Lipinski definition) is 2. The summed E-state index contributed by atoms with van der Waals surface area (Å²) in [6, 6.07) is 41.8. The van der Waals surface area contributed by atoms with Gasteiger partial charge in [0.15, 0.2) is 0 Å². The molecule has 0 atom stereocenters. The second kappa shape index (κ2) is 18.1. The Morgan fingerprint density at radius 3 is 1.40 bits per heavy atom. The van der Waals surface area contributed by atoms with Crippen molar-refractivity contribution in [1.82, 2.24) is 0 Å². The fourth-order valence-electron chi connectivity index (χ4n) is 6.59. The predicted octanol–water partition coefficient (Wildman–Crippen LogP) is 11.2. The van der Waals surface area contributed by atoms with Crippen molar-refractivity contribution in [3.8, 4) is 0 Å². The Bertz CT molecular complexity index is 1190. The van der Waals surface area contributed by atoms with Crippen LogP contribution in [0.15, 0.2) is 120 Å². The van der Waals surface area contributed by atoms with Crippen molar-refractivity contribution in [3.05, 3.63) is 132 Å². The maximum atomic E-state index is 7.08. The average Bonchev–Trinajstić information content (AvgIpc) is 3.08. The van der Waals surface area contributed by atoms with Crippen molar-refractivity contribution in [2.45, 2.75) is 89.5 Å². The molecule has 0 aromatic heterocycles. The second-order valence-electron chi connectivity index (χ2n) is 11.9. The zero-order valence-electron chi connectivity index (χ0n) is 26.8. The number of hydrogen-bond donors (Lipinski definition) is 0. The Balaban J connectivity index is 1.55. The molecule has 0 saturated heterocycles. The summed E-state index contributed by atoms with van der Waals surface area (Å²) in [6.07, 6.45) is 9.15. The third-order valence-corrected chi connectivity index (χ3v) is 26.3. The molecular weight excluding hydrogens is 647 g/mol. The predicted molar refractivity (Wildman–Crippen MR) is 191 cm³/mol. The van der Waals surface area contributed by atoms with E-state index in [0.717, 1.165) is 12.2 Å². The van der Waals surface area contributed by atoms with Crippen molar-refractivity contribution < 1.29 is 4.74 Å². The summed E-state index contributed by atoms with van der Waals surface area (Å²) in [6.45, 7) is 7.82. The molecule has 0 fully saturated rings. The van der Waals surface area contributed by atoms with Gasteiger partial charge < -0.3 is 0 Å². The molecule has 0 bridgehead atoms. The molecule has 228 valence electrons. The van der Waals surface area contributed by atoms with E-state index in [2.05, 4.69) is 148 Å². The first-order valence-corrected chi connectivity index (χ1v) is 25.2. The van der Waals surface area contributed by atoms with Crippen LogP contribution < -0.4 is 3.58 Å². The number of ether oxygens (including phenoxy) is 1. The molecule has 0 spiro atoms. The zero-order valence-corrected chi connectivity index (χ0v) is 30.4. The number of benzene rings is 4. The zero-order chi connectivity index (χ0) is 30.2. The van der Waals surface area contributed by atoms with Gasteiger partial charge in [0.05, 0.1) is 0 Å². The molecule has 0 aliphatic carbocycles. The second-order valence-corrected chi connectivity index (χ2v) is 26.2. The molecule has 0 aliphatic heterocycles. The van der Waals surface area contributed by atoms with Gasteiger partial charge in [0.2, 0.25) is 0 Å². The number of thioether (sulfide) groups is 1. The summed E-state index contributed by atoms with van der Waals surface area (Å²) in [5.41, 5.74) is 2.88. The van der Waals surface area contributed by atoms with Crippen LogP contribution in [0.1, 0.15) is 82.4 Å². The van der Waals surface area contributed by atoms with Crippen LogP contribution in [0, 0.1) is 0 Å². The van der Waals surface area contributed by atoms with E-state index in [4.69, 9.17) is 4.74 Å². The van der Waals surface area contributed by atoms with E-state index in [9.17, 15) is 0 Å². The van der Waals surface area contributed by atoms with E-state index in [1.807, 2.05) is 3.58 Å². The first kappa shape index (κ1) is 33.9. The van der Waals surface area contributed by atoms with Crippen molar-refractivity contribution in [1.29, 1.82) is 0 Å². The Labute approximate surface area is 270 Å². The maximum absolute atomic E-state index is 7.08. The molecule has 0 unspecified atom stereocenters. The Kier molecular flexibility index (Phi) is 14.2. The van der Waals surface area contributed by atoms with Gasteiger partial charge in [0, 0.05) is 0 Å². The van der Waals surface area contributed by atoms with Crippen molar-refractivity contribution >= 4 is 33.7 Å². The fraction of sp³-hybridized carbons (Fsp3) is 0.400. The van der Waals surface area contributed by atoms with Crippen LogP contribution in [0.2, 0.25) is 13.3 Å². The molecule has 43 heavy (non-hydrogen) atoms. The molecule has 0 N–H and O–H groups in total. The van der Waals surface area contributed by atoms with E-state index < -0.39 is 24.0 Å². The van der Waals surface area contributed by atoms with Gasteiger partial charge in [0.25, 0.3) is 0 Å². The molecule has 0 saturated carbocycles. The van der Waals surface area contributed by atoms with Crippen LogP contribution >= 0.6 is 11.8 Å². The molecule has 1 nitrogen and oxygen atoms in total. The van der Waals surface area contributed by atoms with Crippen molar-refractivity contribution in [3.63, 3.8) is 0 Å². The van der Waals surface area contributed by atoms with Gasteiger partial charge in [-0.05, 0) is 0 Å². The van der Waals surface area contributed by atoms with Crippen LogP contribution in [0.5, 0.6) is 0 Å². The molecule has 0 radical (unpaired) electrons. The van der Waals surface area contributed by atoms with Crippen LogP contribution in [-0.2, 0) is 10.3 Å². The van der Waals surface area contributed by atoms with Crippen LogP contribution in [0.25, 0.3) is 0 Å². The molecule has 4 aromatic rings. The number of rotatable bonds is 19. The van der Waals surface area contributed by atoms with E-state index in [0.29, 0.717) is 6.61 Å². The molecule has 4 aromatic carbocycles. The Morgan fingerprint density at radius 2 is 0.953 bits per heavy atom. The Morgan fingerprint density at radius 1 is 0.535 bits per heavy atom. The molecule has 0 amide bonds. The SMILES string of the molecule is CCC[CH2][Sn]([CH2]CCC)([CH2]CCC)[c]1ccccc1SCCCOC(c1ccccc1)(c1ccccc1)c1ccccc1. The summed E-state index contributed by atoms with van der Waals surface area (Å²) in [7, 11) is 0. The molecular formula is C40H52OSSn. The monoisotopic (exact) mass is 700 g/mol. The van der Waals surface area contributed by atoms with Crippen LogP contribution in [-0.4, -0.2) is 30.7 Å². The van der Waals surface area contributed by atoms with E-state index in [1.165, 1.54) is 68.5 Å². The standard InChI is InChI=1S/C28H25OS.3C4H9.Sn/c1-5-14-24(15-6-1)28(25-16-7-2-8-17-25,26-18-9-3-10-19-26)29-22-13-23-30-27-20-11-4-12-21-27;3*1-3-4-2;/h1-12,14-20H,13,22-23H2;3*1,3-4H2,2H3;. The number of unbranched alkanes of at least 4 members (excludes halogenated alkanes) is 3. The van der Waals surface area contributed by atoms with Gasteiger partial charge >= 0.3 is 272 Å². The third-order valence-electron chi connectivity index (χ3n) is 8.89. The topological polar surface area (TPSA) is 9.23 Å². The molecule has 0 aliphatic rings. The van der Waals surface area contributed by atoms with E-state index >= 15 is 0 Å². The van der Waals surface area contributed by atoms with Gasteiger partial charge in [-0.2, -0.15) is 0 Å². The van der Waals surface area contributed by atoms with Gasteiger partial charge in [-0.15, -0.1) is 0 Å². The minimum atomic E-state index is -2.51. The van der Waals surface area contributed by atoms with Crippen molar-refractivity contribution in [2.75, 3.05) is 12.4 Å². The van der Waals surface area contributed by atoms with Crippen LogP contribution in [0.4, 0.5) is 0 Å². The summed E-state index contributed by atoms with van der Waals surface area (Å²) < 4.78 is 13.4. The Hall–Kier alpha value is -2.01. The van der Waals surface area contributed by atoms with Gasteiger partial charge in [-0.1, -0.05) is 0 Å². The molecule has 3 heteroatoms. The van der Waals surface area contributed by atoms with E-state index in [-0.39, 0.29) is 0 Å². The van der Waals surface area contributed by atoms with Gasteiger partial charge in [0.1, 0.15) is 0 Å². The summed E-state index contributed by atoms with van der Waals surface area (Å²) in [4.78, 5) is 1.57. The third kappa shape index (κ3) is 8.80. The normalized spacial score (nSPS) is 12.0. The summed E-state index contributed by atoms with van der Waals surface area (Å²) in [5, 5.41) is 0. The first-order valence-electron chi connectivity index (χ1n) is 16.7. The molecule has 4 rings (SSSR count). The summed E-state index contributed by atoms with van der Waals surface area (Å²) in [5.74, 6) is 1.07. The van der Waals surface area contributed by atoms with Crippen molar-refractivity contribution in [2.24, 2.45) is 0 Å². The minimum absolute atomic E-state index is 0.640. The quantitative estimate of drug-likeness (QED) is 0.0417. The van der Waals surface area contributed by atoms with Gasteiger partial charge in [-0.25, -0.2) is 0 Å². The first-order chi connectivity index (χ1) is 21.2. The average molecular weight is 700 g/mol. The van der Waals surface area contributed by atoms with E-state index in [1.54, 1.807) is 4.90 Å². The fourth-order valence-corrected chi connectivity index (χ4v) is 25.8. The summed E-state index contributed by atoms with van der Waals surface area (Å²) >= 11 is -0.429.